The highest BCUT2D eigenvalue weighted by Crippen LogP contribution is 2.37. The minimum atomic E-state index is -0.291. The van der Waals surface area contributed by atoms with Gasteiger partial charge in [0.25, 0.3) is 5.91 Å². The maximum absolute atomic E-state index is 13.7. The summed E-state index contributed by atoms with van der Waals surface area (Å²) in [5.74, 6) is 0.619. The summed E-state index contributed by atoms with van der Waals surface area (Å²) in [4.78, 5) is 45.2. The van der Waals surface area contributed by atoms with Crippen molar-refractivity contribution in [1.82, 2.24) is 20.0 Å². The number of benzene rings is 1. The first kappa shape index (κ1) is 25.0. The Morgan fingerprint density at radius 3 is 2.31 bits per heavy atom. The highest BCUT2D eigenvalue weighted by molar-refractivity contribution is 7.23. The normalized spacial score (nSPS) is 20.1. The average molecular weight is 512 g/mol. The lowest BCUT2D eigenvalue weighted by atomic mass is 9.99. The van der Waals surface area contributed by atoms with E-state index in [1.165, 1.54) is 24.2 Å². The minimum Gasteiger partial charge on any atom is -0.342 e. The third-order valence-corrected chi connectivity index (χ3v) is 9.06. The van der Waals surface area contributed by atoms with Gasteiger partial charge in [0, 0.05) is 67.9 Å². The number of piperazine rings is 1. The number of fused-ring (bicyclic) bond motifs is 1. The molecule has 8 nitrogen and oxygen atoms in total. The van der Waals surface area contributed by atoms with Gasteiger partial charge in [-0.15, -0.1) is 11.3 Å². The standard InChI is InChI=1S/C27H37N5O3S/c1-2-28-27(35)29-24-23(21-9-5-6-10-22(21)36-24)26(34)32-17-15-30(16-18-32)20-11-13-31(14-12-20)25(33)19-7-3-4-8-19/h5-6,9-10,19-20H,2-4,7-8,11-18H2,1H3,(H2,28,29,35). The Labute approximate surface area is 217 Å². The monoisotopic (exact) mass is 511 g/mol. The quantitative estimate of drug-likeness (QED) is 0.636. The molecular weight excluding hydrogens is 474 g/mol. The number of piperidine rings is 1. The lowest BCUT2D eigenvalue weighted by Crippen LogP contribution is -2.55. The third kappa shape index (κ3) is 5.22. The van der Waals surface area contributed by atoms with Gasteiger partial charge in [-0.2, -0.15) is 0 Å². The number of amides is 4. The number of anilines is 1. The molecule has 9 heteroatoms. The maximum Gasteiger partial charge on any atom is 0.319 e. The Morgan fingerprint density at radius 1 is 0.917 bits per heavy atom. The molecule has 0 atom stereocenters. The number of urea groups is 1. The molecule has 2 saturated heterocycles. The van der Waals surface area contributed by atoms with Crippen molar-refractivity contribution in [3.8, 4) is 0 Å². The number of thiophene rings is 1. The number of carbonyl (C=O) groups is 3. The van der Waals surface area contributed by atoms with Crippen molar-refractivity contribution < 1.29 is 14.4 Å². The van der Waals surface area contributed by atoms with E-state index in [1.54, 1.807) is 0 Å². The fourth-order valence-electron chi connectivity index (χ4n) is 5.98. The molecule has 5 rings (SSSR count). The van der Waals surface area contributed by atoms with Crippen LogP contribution in [0.5, 0.6) is 0 Å². The third-order valence-electron chi connectivity index (χ3n) is 7.97. The van der Waals surface area contributed by atoms with E-state index in [1.807, 2.05) is 36.1 Å². The molecule has 4 amide bonds. The van der Waals surface area contributed by atoms with E-state index in [9.17, 15) is 14.4 Å². The number of likely N-dealkylation sites (tertiary alicyclic amines) is 1. The molecule has 36 heavy (non-hydrogen) atoms. The van der Waals surface area contributed by atoms with Crippen LogP contribution in [0.3, 0.4) is 0 Å². The zero-order valence-corrected chi connectivity index (χ0v) is 21.9. The van der Waals surface area contributed by atoms with E-state index in [2.05, 4.69) is 20.4 Å². The Balaban J connectivity index is 1.19. The topological polar surface area (TPSA) is 85.0 Å². The fourth-order valence-corrected chi connectivity index (χ4v) is 7.07. The molecule has 2 N–H and O–H groups in total. The molecule has 0 bridgehead atoms. The molecule has 2 aromatic rings. The van der Waals surface area contributed by atoms with E-state index >= 15 is 0 Å². The van der Waals surface area contributed by atoms with Crippen molar-refractivity contribution in [3.05, 3.63) is 29.8 Å². The van der Waals surface area contributed by atoms with Gasteiger partial charge in [0.05, 0.1) is 5.56 Å². The Hall–Kier alpha value is -2.65. The summed E-state index contributed by atoms with van der Waals surface area (Å²) in [6.45, 7) is 7.13. The predicted octanol–water partition coefficient (Wildman–Crippen LogP) is 3.98. The van der Waals surface area contributed by atoms with Gasteiger partial charge in [-0.3, -0.25) is 19.8 Å². The van der Waals surface area contributed by atoms with E-state index < -0.39 is 0 Å². The van der Waals surface area contributed by atoms with Crippen LogP contribution in [0.4, 0.5) is 9.80 Å². The highest BCUT2D eigenvalue weighted by atomic mass is 32.1. The molecule has 3 aliphatic rings. The van der Waals surface area contributed by atoms with E-state index in [-0.39, 0.29) is 17.9 Å². The predicted molar refractivity (Wildman–Crippen MR) is 144 cm³/mol. The van der Waals surface area contributed by atoms with Crippen molar-refractivity contribution in [2.45, 2.75) is 51.5 Å². The van der Waals surface area contributed by atoms with Crippen molar-refractivity contribution >= 4 is 44.3 Å². The number of nitrogens with one attached hydrogen (secondary N) is 2. The van der Waals surface area contributed by atoms with Crippen LogP contribution in [-0.4, -0.2) is 84.4 Å². The number of hydrogen-bond donors (Lipinski definition) is 2. The number of nitrogens with zero attached hydrogens (tertiary/aromatic N) is 3. The molecular formula is C27H37N5O3S. The molecule has 2 aliphatic heterocycles. The molecule has 1 aromatic carbocycles. The van der Waals surface area contributed by atoms with Gasteiger partial charge in [-0.05, 0) is 38.7 Å². The Bertz CT molecular complexity index is 1100. The van der Waals surface area contributed by atoms with E-state index in [0.29, 0.717) is 42.1 Å². The molecule has 3 fully saturated rings. The summed E-state index contributed by atoms with van der Waals surface area (Å²) in [5, 5.41) is 7.14. The molecule has 1 saturated carbocycles. The zero-order chi connectivity index (χ0) is 25.1. The summed E-state index contributed by atoms with van der Waals surface area (Å²) in [7, 11) is 0. The second-order valence-electron chi connectivity index (χ2n) is 10.2. The molecule has 194 valence electrons. The number of rotatable bonds is 5. The minimum absolute atomic E-state index is 0.0177. The second kappa shape index (κ2) is 11.2. The van der Waals surface area contributed by atoms with Gasteiger partial charge in [0.15, 0.2) is 0 Å². The summed E-state index contributed by atoms with van der Waals surface area (Å²) in [6.07, 6.45) is 6.55. The van der Waals surface area contributed by atoms with Crippen molar-refractivity contribution in [2.24, 2.45) is 5.92 Å². The summed E-state index contributed by atoms with van der Waals surface area (Å²) in [5.41, 5.74) is 0.592. The van der Waals surface area contributed by atoms with Gasteiger partial charge < -0.3 is 15.1 Å². The summed E-state index contributed by atoms with van der Waals surface area (Å²) >= 11 is 1.44. The van der Waals surface area contributed by atoms with Gasteiger partial charge >= 0.3 is 6.03 Å². The molecule has 0 radical (unpaired) electrons. The van der Waals surface area contributed by atoms with Gasteiger partial charge in [-0.1, -0.05) is 31.0 Å². The van der Waals surface area contributed by atoms with Gasteiger partial charge in [-0.25, -0.2) is 4.79 Å². The Morgan fingerprint density at radius 2 is 1.61 bits per heavy atom. The van der Waals surface area contributed by atoms with Crippen LogP contribution in [0.15, 0.2) is 24.3 Å². The number of carbonyl (C=O) groups excluding carboxylic acids is 3. The molecule has 3 heterocycles. The van der Waals surface area contributed by atoms with Crippen LogP contribution < -0.4 is 10.6 Å². The second-order valence-corrected chi connectivity index (χ2v) is 11.2. The van der Waals surface area contributed by atoms with Crippen LogP contribution >= 0.6 is 11.3 Å². The van der Waals surface area contributed by atoms with Crippen LogP contribution in [-0.2, 0) is 4.79 Å². The first-order chi connectivity index (χ1) is 17.5. The van der Waals surface area contributed by atoms with Gasteiger partial charge in [0.2, 0.25) is 5.91 Å². The fraction of sp³-hybridized carbons (Fsp3) is 0.593. The maximum atomic E-state index is 13.7. The molecule has 1 aliphatic carbocycles. The summed E-state index contributed by atoms with van der Waals surface area (Å²) < 4.78 is 0.991. The molecule has 0 unspecified atom stereocenters. The zero-order valence-electron chi connectivity index (χ0n) is 21.1. The average Bonchev–Trinajstić information content (AvgIpc) is 3.56. The Kier molecular flexibility index (Phi) is 7.76. The lowest BCUT2D eigenvalue weighted by molar-refractivity contribution is -0.137. The summed E-state index contributed by atoms with van der Waals surface area (Å²) in [6, 6.07) is 8.02. The van der Waals surface area contributed by atoms with Gasteiger partial charge in [0.1, 0.15) is 5.00 Å². The van der Waals surface area contributed by atoms with Crippen LogP contribution in [0.2, 0.25) is 0 Å². The van der Waals surface area contributed by atoms with E-state index in [4.69, 9.17) is 0 Å². The highest BCUT2D eigenvalue weighted by Gasteiger charge is 2.34. The van der Waals surface area contributed by atoms with E-state index in [0.717, 1.165) is 61.9 Å². The van der Waals surface area contributed by atoms with Crippen molar-refractivity contribution in [2.75, 3.05) is 51.1 Å². The number of hydrogen-bond acceptors (Lipinski definition) is 5. The van der Waals surface area contributed by atoms with Crippen molar-refractivity contribution in [3.63, 3.8) is 0 Å². The van der Waals surface area contributed by atoms with Crippen LogP contribution in [0.25, 0.3) is 10.1 Å². The van der Waals surface area contributed by atoms with Crippen molar-refractivity contribution in [1.29, 1.82) is 0 Å². The van der Waals surface area contributed by atoms with Crippen LogP contribution in [0.1, 0.15) is 55.8 Å². The van der Waals surface area contributed by atoms with Crippen LogP contribution in [0, 0.1) is 5.92 Å². The first-order valence-corrected chi connectivity index (χ1v) is 14.2. The lowest BCUT2D eigenvalue weighted by Gasteiger charge is -2.43. The SMILES string of the molecule is CCNC(=O)Nc1sc2ccccc2c1C(=O)N1CCN(C2CCN(C(=O)C3CCCC3)CC2)CC1. The smallest absolute Gasteiger partial charge is 0.319 e. The largest absolute Gasteiger partial charge is 0.342 e. The molecule has 1 aromatic heterocycles. The first-order valence-electron chi connectivity index (χ1n) is 13.4. The molecule has 0 spiro atoms.